The largest absolute Gasteiger partial charge is 0.466 e. The van der Waals surface area contributed by atoms with E-state index in [-0.39, 0.29) is 23.7 Å². The molecule has 3 heterocycles. The summed E-state index contributed by atoms with van der Waals surface area (Å²) < 4.78 is 26.0. The number of amidine groups is 1. The summed E-state index contributed by atoms with van der Waals surface area (Å²) in [7, 11) is 3.09. The molecule has 174 valence electrons. The monoisotopic (exact) mass is 475 g/mol. The van der Waals surface area contributed by atoms with E-state index in [2.05, 4.69) is 10.3 Å². The minimum absolute atomic E-state index is 0.128. The Kier molecular flexibility index (Phi) is 6.87. The van der Waals surface area contributed by atoms with Crippen LogP contribution in [0.25, 0.3) is 0 Å². The van der Waals surface area contributed by atoms with Gasteiger partial charge in [-0.3, -0.25) is 9.89 Å². The van der Waals surface area contributed by atoms with Crippen LogP contribution in [0.3, 0.4) is 0 Å². The fourth-order valence-electron chi connectivity index (χ4n) is 3.91. The van der Waals surface area contributed by atoms with E-state index in [0.29, 0.717) is 36.1 Å². The first-order chi connectivity index (χ1) is 15.9. The van der Waals surface area contributed by atoms with E-state index in [0.717, 1.165) is 6.29 Å². The SMILES string of the molecule is COC(=O)C1=C(CN2CCOCC2C=O)NC(c2nccn2C)=NC1c1ccc(F)cc1Cl. The smallest absolute Gasteiger partial charge is 0.338 e. The molecule has 2 aliphatic rings. The Bertz CT molecular complexity index is 1130. The Morgan fingerprint density at radius 1 is 1.45 bits per heavy atom. The van der Waals surface area contributed by atoms with Gasteiger partial charge in [0.25, 0.3) is 0 Å². The van der Waals surface area contributed by atoms with Gasteiger partial charge in [-0.15, -0.1) is 0 Å². The van der Waals surface area contributed by atoms with E-state index in [9.17, 15) is 14.0 Å². The van der Waals surface area contributed by atoms with Crippen LogP contribution in [0.15, 0.2) is 46.9 Å². The number of methoxy groups -OCH3 is 1. The molecule has 0 spiro atoms. The lowest BCUT2D eigenvalue weighted by Gasteiger charge is -2.35. The lowest BCUT2D eigenvalue weighted by Crippen LogP contribution is -2.49. The van der Waals surface area contributed by atoms with Crippen LogP contribution in [0.5, 0.6) is 0 Å². The Labute approximate surface area is 194 Å². The number of aryl methyl sites for hydroxylation is 1. The summed E-state index contributed by atoms with van der Waals surface area (Å²) in [5.74, 6) is -0.168. The fourth-order valence-corrected chi connectivity index (χ4v) is 4.18. The molecule has 2 unspecified atom stereocenters. The number of aliphatic imine (C=N–C) groups is 1. The molecule has 1 aromatic heterocycles. The number of ether oxygens (including phenoxy) is 2. The van der Waals surface area contributed by atoms with Crippen molar-refractivity contribution in [2.45, 2.75) is 12.1 Å². The lowest BCUT2D eigenvalue weighted by molar-refractivity contribution is -0.136. The summed E-state index contributed by atoms with van der Waals surface area (Å²) in [6, 6.07) is 2.60. The number of hydrogen-bond acceptors (Lipinski definition) is 8. The van der Waals surface area contributed by atoms with Gasteiger partial charge in [-0.2, -0.15) is 0 Å². The predicted molar refractivity (Wildman–Crippen MR) is 118 cm³/mol. The first kappa shape index (κ1) is 23.1. The lowest BCUT2D eigenvalue weighted by atomic mass is 9.95. The molecule has 0 radical (unpaired) electrons. The van der Waals surface area contributed by atoms with Crippen molar-refractivity contribution in [3.8, 4) is 0 Å². The summed E-state index contributed by atoms with van der Waals surface area (Å²) >= 11 is 6.37. The summed E-state index contributed by atoms with van der Waals surface area (Å²) in [5.41, 5.74) is 1.16. The number of imidazole rings is 1. The molecule has 0 amide bonds. The van der Waals surface area contributed by atoms with E-state index < -0.39 is 23.9 Å². The van der Waals surface area contributed by atoms with E-state index >= 15 is 0 Å². The molecule has 0 saturated carbocycles. The summed E-state index contributed by atoms with van der Waals surface area (Å²) in [4.78, 5) is 35.5. The van der Waals surface area contributed by atoms with E-state index in [4.69, 9.17) is 26.1 Å². The van der Waals surface area contributed by atoms with Crippen molar-refractivity contribution in [2.75, 3.05) is 33.4 Å². The van der Waals surface area contributed by atoms with Gasteiger partial charge < -0.3 is 24.2 Å². The number of carbonyl (C=O) groups excluding carboxylic acids is 2. The molecule has 33 heavy (non-hydrogen) atoms. The molecule has 2 aromatic rings. The number of hydrogen-bond donors (Lipinski definition) is 1. The highest BCUT2D eigenvalue weighted by atomic mass is 35.5. The predicted octanol–water partition coefficient (Wildman–Crippen LogP) is 1.63. The fraction of sp³-hybridized carbons (Fsp3) is 0.364. The number of aromatic nitrogens is 2. The number of esters is 1. The molecule has 2 aliphatic heterocycles. The molecule has 1 saturated heterocycles. The molecule has 0 aliphatic carbocycles. The zero-order valence-corrected chi connectivity index (χ0v) is 18.9. The number of morpholine rings is 1. The van der Waals surface area contributed by atoms with Crippen molar-refractivity contribution < 1.29 is 23.5 Å². The third kappa shape index (κ3) is 4.68. The summed E-state index contributed by atoms with van der Waals surface area (Å²) in [5, 5.41) is 3.34. The van der Waals surface area contributed by atoms with Gasteiger partial charge in [-0.1, -0.05) is 17.7 Å². The molecule has 0 bridgehead atoms. The minimum Gasteiger partial charge on any atom is -0.466 e. The number of halogens is 2. The number of nitrogens with zero attached hydrogens (tertiary/aromatic N) is 4. The highest BCUT2D eigenvalue weighted by molar-refractivity contribution is 6.31. The zero-order chi connectivity index (χ0) is 23.5. The number of aldehydes is 1. The molecule has 9 nitrogen and oxygen atoms in total. The molecule has 2 atom stereocenters. The van der Waals surface area contributed by atoms with E-state index in [1.54, 1.807) is 17.0 Å². The van der Waals surface area contributed by atoms with Crippen LogP contribution < -0.4 is 5.32 Å². The van der Waals surface area contributed by atoms with Crippen LogP contribution in [0.2, 0.25) is 5.02 Å². The van der Waals surface area contributed by atoms with E-state index in [1.807, 2.05) is 11.9 Å². The van der Waals surface area contributed by atoms with Crippen LogP contribution in [0, 0.1) is 5.82 Å². The number of carbonyl (C=O) groups is 2. The van der Waals surface area contributed by atoms with Crippen molar-refractivity contribution in [3.05, 3.63) is 64.1 Å². The van der Waals surface area contributed by atoms with Crippen LogP contribution in [0.1, 0.15) is 17.4 Å². The zero-order valence-electron chi connectivity index (χ0n) is 18.1. The number of rotatable bonds is 6. The maximum Gasteiger partial charge on any atom is 0.338 e. The molecular weight excluding hydrogens is 453 g/mol. The van der Waals surface area contributed by atoms with Gasteiger partial charge in [-0.05, 0) is 12.1 Å². The highest BCUT2D eigenvalue weighted by Crippen LogP contribution is 2.36. The van der Waals surface area contributed by atoms with Crippen LogP contribution in [-0.2, 0) is 26.1 Å². The summed E-state index contributed by atoms with van der Waals surface area (Å²) in [6.45, 7) is 1.45. The molecule has 1 aromatic carbocycles. The Morgan fingerprint density at radius 2 is 2.27 bits per heavy atom. The maximum atomic E-state index is 13.8. The van der Waals surface area contributed by atoms with Crippen molar-refractivity contribution in [2.24, 2.45) is 12.0 Å². The topological polar surface area (TPSA) is 98.0 Å². The Morgan fingerprint density at radius 3 is 2.94 bits per heavy atom. The van der Waals surface area contributed by atoms with Crippen molar-refractivity contribution in [1.29, 1.82) is 0 Å². The molecular formula is C22H23ClFN5O4. The molecule has 1 fully saturated rings. The highest BCUT2D eigenvalue weighted by Gasteiger charge is 2.35. The van der Waals surface area contributed by atoms with Gasteiger partial charge in [0.05, 0.1) is 31.9 Å². The quantitative estimate of drug-likeness (QED) is 0.501. The van der Waals surface area contributed by atoms with Crippen LogP contribution in [-0.4, -0.2) is 72.0 Å². The Balaban J connectivity index is 1.85. The van der Waals surface area contributed by atoms with Crippen LogP contribution >= 0.6 is 11.6 Å². The van der Waals surface area contributed by atoms with Gasteiger partial charge in [0.15, 0.2) is 11.7 Å². The van der Waals surface area contributed by atoms with Gasteiger partial charge in [0, 0.05) is 48.8 Å². The number of nitrogens with one attached hydrogen (secondary N) is 1. The van der Waals surface area contributed by atoms with Crippen molar-refractivity contribution in [1.82, 2.24) is 19.8 Å². The molecule has 1 N–H and O–H groups in total. The maximum absolute atomic E-state index is 13.8. The normalized spacial score (nSPS) is 21.4. The van der Waals surface area contributed by atoms with E-state index in [1.165, 1.54) is 25.3 Å². The first-order valence-electron chi connectivity index (χ1n) is 10.3. The Hall–Kier alpha value is -3.08. The standard InChI is InChI=1S/C22H23ClFN5O4/c1-28-6-5-25-21(28)20-26-17(10-29-7-8-33-12-14(29)11-30)18(22(31)32-2)19(27-20)15-4-3-13(24)9-16(15)23/h3-6,9,11,14,19H,7-8,10,12H2,1-2H3,(H,26,27). The van der Waals surface area contributed by atoms with Gasteiger partial charge in [-0.25, -0.2) is 14.2 Å². The van der Waals surface area contributed by atoms with Gasteiger partial charge in [0.1, 0.15) is 18.1 Å². The molecule has 11 heteroatoms. The molecule has 4 rings (SSSR count). The second-order valence-electron chi connectivity index (χ2n) is 7.67. The first-order valence-corrected chi connectivity index (χ1v) is 10.7. The minimum atomic E-state index is -0.871. The van der Waals surface area contributed by atoms with Gasteiger partial charge in [0.2, 0.25) is 0 Å². The summed E-state index contributed by atoms with van der Waals surface area (Å²) in [6.07, 6.45) is 4.22. The van der Waals surface area contributed by atoms with Crippen LogP contribution in [0.4, 0.5) is 4.39 Å². The second-order valence-corrected chi connectivity index (χ2v) is 8.07. The number of benzene rings is 1. The van der Waals surface area contributed by atoms with Crippen molar-refractivity contribution in [3.63, 3.8) is 0 Å². The van der Waals surface area contributed by atoms with Crippen molar-refractivity contribution >= 4 is 29.7 Å². The second kappa shape index (κ2) is 9.82. The average Bonchev–Trinajstić information content (AvgIpc) is 3.24. The van der Waals surface area contributed by atoms with Gasteiger partial charge >= 0.3 is 5.97 Å². The third-order valence-corrected chi connectivity index (χ3v) is 5.95. The third-order valence-electron chi connectivity index (χ3n) is 5.62. The average molecular weight is 476 g/mol.